The van der Waals surface area contributed by atoms with Gasteiger partial charge in [-0.15, -0.1) is 0 Å². The molecule has 7 heteroatoms. The molecule has 1 aliphatic heterocycles. The standard InChI is InChI=1S/C21H22Cl2FN3O/c22-16-3-5-18(6-4-16)27(13-14-1-2-14)21(28)15-7-9-26(10-8-15)20-19(24)11-17(23)12-25-20/h3-6,11-12,14-15H,1-2,7-10,13H2. The van der Waals surface area contributed by atoms with Crippen LogP contribution in [0.25, 0.3) is 0 Å². The Bertz CT molecular complexity index is 849. The van der Waals surface area contributed by atoms with Crippen molar-refractivity contribution in [2.45, 2.75) is 25.7 Å². The molecule has 1 aromatic carbocycles. The summed E-state index contributed by atoms with van der Waals surface area (Å²) >= 11 is 11.8. The van der Waals surface area contributed by atoms with Crippen molar-refractivity contribution in [2.24, 2.45) is 11.8 Å². The Labute approximate surface area is 174 Å². The molecule has 2 heterocycles. The van der Waals surface area contributed by atoms with Crippen molar-refractivity contribution in [1.82, 2.24) is 4.98 Å². The quantitative estimate of drug-likeness (QED) is 0.666. The molecular weight excluding hydrogens is 400 g/mol. The Kier molecular flexibility index (Phi) is 5.74. The predicted octanol–water partition coefficient (Wildman–Crippen LogP) is 5.19. The smallest absolute Gasteiger partial charge is 0.230 e. The lowest BCUT2D eigenvalue weighted by Crippen LogP contribution is -2.44. The number of hydrogen-bond donors (Lipinski definition) is 0. The first kappa shape index (κ1) is 19.5. The number of piperidine rings is 1. The first-order valence-electron chi connectivity index (χ1n) is 9.64. The number of nitrogens with zero attached hydrogens (tertiary/aromatic N) is 3. The zero-order valence-corrected chi connectivity index (χ0v) is 17.0. The average molecular weight is 422 g/mol. The first-order chi connectivity index (χ1) is 13.5. The minimum Gasteiger partial charge on any atom is -0.354 e. The van der Waals surface area contributed by atoms with Crippen LogP contribution in [0.4, 0.5) is 15.9 Å². The molecule has 2 fully saturated rings. The summed E-state index contributed by atoms with van der Waals surface area (Å²) in [6, 6.07) is 8.73. The molecule has 2 aromatic rings. The molecular formula is C21H22Cl2FN3O. The SMILES string of the molecule is O=C(C1CCN(c2ncc(Cl)cc2F)CC1)N(CC1CC1)c1ccc(Cl)cc1. The molecule has 148 valence electrons. The van der Waals surface area contributed by atoms with Gasteiger partial charge in [-0.2, -0.15) is 0 Å². The zero-order valence-electron chi connectivity index (χ0n) is 15.5. The van der Waals surface area contributed by atoms with Gasteiger partial charge >= 0.3 is 0 Å². The Morgan fingerprint density at radius 2 is 1.79 bits per heavy atom. The Morgan fingerprint density at radius 3 is 2.39 bits per heavy atom. The molecule has 1 saturated carbocycles. The maximum atomic E-state index is 14.1. The minimum absolute atomic E-state index is 0.0685. The van der Waals surface area contributed by atoms with Gasteiger partial charge in [0.15, 0.2) is 11.6 Å². The van der Waals surface area contributed by atoms with Gasteiger partial charge in [-0.25, -0.2) is 9.37 Å². The van der Waals surface area contributed by atoms with Crippen molar-refractivity contribution in [1.29, 1.82) is 0 Å². The van der Waals surface area contributed by atoms with Crippen LogP contribution in [0.5, 0.6) is 0 Å². The monoisotopic (exact) mass is 421 g/mol. The first-order valence-corrected chi connectivity index (χ1v) is 10.4. The summed E-state index contributed by atoms with van der Waals surface area (Å²) in [6.45, 7) is 1.95. The topological polar surface area (TPSA) is 36.4 Å². The molecule has 0 atom stereocenters. The lowest BCUT2D eigenvalue weighted by atomic mass is 9.94. The predicted molar refractivity (Wildman–Crippen MR) is 111 cm³/mol. The fourth-order valence-electron chi connectivity index (χ4n) is 3.70. The van der Waals surface area contributed by atoms with E-state index in [1.165, 1.54) is 25.1 Å². The number of halogens is 3. The molecule has 0 unspecified atom stereocenters. The summed E-state index contributed by atoms with van der Waals surface area (Å²) in [5, 5.41) is 0.943. The third-order valence-electron chi connectivity index (χ3n) is 5.47. The molecule has 0 bridgehead atoms. The molecule has 0 N–H and O–H groups in total. The van der Waals surface area contributed by atoms with E-state index in [4.69, 9.17) is 23.2 Å². The van der Waals surface area contributed by atoms with Crippen LogP contribution in [0.15, 0.2) is 36.5 Å². The normalized spacial score (nSPS) is 17.6. The van der Waals surface area contributed by atoms with Gasteiger partial charge in [-0.1, -0.05) is 23.2 Å². The number of anilines is 2. The number of carbonyl (C=O) groups excluding carboxylic acids is 1. The third kappa shape index (κ3) is 4.41. The van der Waals surface area contributed by atoms with Gasteiger partial charge in [-0.05, 0) is 61.9 Å². The third-order valence-corrected chi connectivity index (χ3v) is 5.93. The van der Waals surface area contributed by atoms with Crippen LogP contribution < -0.4 is 9.80 Å². The van der Waals surface area contributed by atoms with E-state index in [0.29, 0.717) is 42.7 Å². The van der Waals surface area contributed by atoms with E-state index >= 15 is 0 Å². The van der Waals surface area contributed by atoms with Crippen LogP contribution in [-0.4, -0.2) is 30.5 Å². The Hall–Kier alpha value is -1.85. The van der Waals surface area contributed by atoms with E-state index in [2.05, 4.69) is 4.98 Å². The second kappa shape index (κ2) is 8.26. The van der Waals surface area contributed by atoms with E-state index in [9.17, 15) is 9.18 Å². The fourth-order valence-corrected chi connectivity index (χ4v) is 3.97. The minimum atomic E-state index is -0.422. The van der Waals surface area contributed by atoms with E-state index in [1.54, 1.807) is 0 Å². The van der Waals surface area contributed by atoms with E-state index < -0.39 is 5.82 Å². The van der Waals surface area contributed by atoms with Gasteiger partial charge in [0.05, 0.1) is 5.02 Å². The van der Waals surface area contributed by atoms with Crippen molar-refractivity contribution in [3.63, 3.8) is 0 Å². The summed E-state index contributed by atoms with van der Waals surface area (Å²) in [4.78, 5) is 21.2. The second-order valence-corrected chi connectivity index (χ2v) is 8.46. The molecule has 0 spiro atoms. The van der Waals surface area contributed by atoms with Gasteiger partial charge in [0, 0.05) is 42.5 Å². The molecule has 1 amide bonds. The van der Waals surface area contributed by atoms with Crippen LogP contribution in [-0.2, 0) is 4.79 Å². The average Bonchev–Trinajstić information content (AvgIpc) is 3.51. The highest BCUT2D eigenvalue weighted by Crippen LogP contribution is 2.34. The summed E-state index contributed by atoms with van der Waals surface area (Å²) in [6.07, 6.45) is 5.17. The number of rotatable bonds is 5. The molecule has 1 aromatic heterocycles. The molecule has 4 nitrogen and oxygen atoms in total. The van der Waals surface area contributed by atoms with Crippen LogP contribution >= 0.6 is 23.2 Å². The highest BCUT2D eigenvalue weighted by atomic mass is 35.5. The van der Waals surface area contributed by atoms with Crippen molar-refractivity contribution < 1.29 is 9.18 Å². The molecule has 1 aliphatic carbocycles. The van der Waals surface area contributed by atoms with Gasteiger partial charge in [0.25, 0.3) is 0 Å². The highest BCUT2D eigenvalue weighted by molar-refractivity contribution is 6.30. The van der Waals surface area contributed by atoms with E-state index in [-0.39, 0.29) is 16.8 Å². The number of carbonyl (C=O) groups is 1. The van der Waals surface area contributed by atoms with Gasteiger partial charge in [0.2, 0.25) is 5.91 Å². The number of hydrogen-bond acceptors (Lipinski definition) is 3. The lowest BCUT2D eigenvalue weighted by Gasteiger charge is -2.35. The summed E-state index contributed by atoms with van der Waals surface area (Å²) < 4.78 is 14.1. The van der Waals surface area contributed by atoms with E-state index in [1.807, 2.05) is 34.1 Å². The van der Waals surface area contributed by atoms with Gasteiger partial charge < -0.3 is 9.80 Å². The summed E-state index contributed by atoms with van der Waals surface area (Å²) in [7, 11) is 0. The zero-order chi connectivity index (χ0) is 19.7. The molecule has 4 rings (SSSR count). The summed E-state index contributed by atoms with van der Waals surface area (Å²) in [5.74, 6) is 0.558. The second-order valence-electron chi connectivity index (χ2n) is 7.59. The summed E-state index contributed by atoms with van der Waals surface area (Å²) in [5.41, 5.74) is 0.897. The number of benzene rings is 1. The van der Waals surface area contributed by atoms with Crippen LogP contribution in [0.3, 0.4) is 0 Å². The van der Waals surface area contributed by atoms with Crippen LogP contribution in [0.1, 0.15) is 25.7 Å². The highest BCUT2D eigenvalue weighted by Gasteiger charge is 2.33. The largest absolute Gasteiger partial charge is 0.354 e. The number of amides is 1. The molecule has 1 saturated heterocycles. The molecule has 2 aliphatic rings. The van der Waals surface area contributed by atoms with Gasteiger partial charge in [-0.3, -0.25) is 4.79 Å². The van der Waals surface area contributed by atoms with Crippen LogP contribution in [0, 0.1) is 17.7 Å². The number of pyridine rings is 1. The fraction of sp³-hybridized carbons (Fsp3) is 0.429. The molecule has 28 heavy (non-hydrogen) atoms. The molecule has 0 radical (unpaired) electrons. The Morgan fingerprint density at radius 1 is 1.11 bits per heavy atom. The van der Waals surface area contributed by atoms with Crippen molar-refractivity contribution in [3.05, 3.63) is 52.4 Å². The maximum Gasteiger partial charge on any atom is 0.230 e. The maximum absolute atomic E-state index is 14.1. The lowest BCUT2D eigenvalue weighted by molar-refractivity contribution is -0.123. The Balaban J connectivity index is 1.44. The van der Waals surface area contributed by atoms with Crippen molar-refractivity contribution in [3.8, 4) is 0 Å². The van der Waals surface area contributed by atoms with Crippen molar-refractivity contribution in [2.75, 3.05) is 29.4 Å². The van der Waals surface area contributed by atoms with Crippen LogP contribution in [0.2, 0.25) is 10.0 Å². The van der Waals surface area contributed by atoms with E-state index in [0.717, 1.165) is 12.2 Å². The number of aromatic nitrogens is 1. The van der Waals surface area contributed by atoms with Crippen molar-refractivity contribution >= 4 is 40.6 Å². The van der Waals surface area contributed by atoms with Gasteiger partial charge in [0.1, 0.15) is 0 Å².